The highest BCUT2D eigenvalue weighted by Crippen LogP contribution is 2.22. The molecule has 0 radical (unpaired) electrons. The van der Waals surface area contributed by atoms with Crippen molar-refractivity contribution in [3.8, 4) is 5.69 Å². The van der Waals surface area contributed by atoms with Gasteiger partial charge in [0.15, 0.2) is 0 Å². The molecule has 1 N–H and O–H groups in total. The fraction of sp³-hybridized carbons (Fsp3) is 0.158. The minimum Gasteiger partial charge on any atom is -0.466 e. The maximum Gasteiger partial charge on any atom is 0.354 e. The van der Waals surface area contributed by atoms with Gasteiger partial charge in [0.05, 0.1) is 26.0 Å². The van der Waals surface area contributed by atoms with E-state index in [0.29, 0.717) is 21.7 Å². The monoisotopic (exact) mass is 400 g/mol. The summed E-state index contributed by atoms with van der Waals surface area (Å²) < 4.78 is 9.23. The fourth-order valence-corrected chi connectivity index (χ4v) is 2.58. The van der Waals surface area contributed by atoms with E-state index < -0.39 is 11.9 Å². The first-order valence-corrected chi connectivity index (χ1v) is 8.57. The minimum absolute atomic E-state index is 0.0635. The maximum absolute atomic E-state index is 11.9. The summed E-state index contributed by atoms with van der Waals surface area (Å²) in [5, 5.41) is 12.3. The normalized spacial score (nSPS) is 11.4. The van der Waals surface area contributed by atoms with E-state index in [1.54, 1.807) is 24.3 Å². The van der Waals surface area contributed by atoms with Gasteiger partial charge in [0.1, 0.15) is 16.7 Å². The summed E-state index contributed by atoms with van der Waals surface area (Å²) in [6, 6.07) is 10.7. The molecule has 1 heterocycles. The van der Waals surface area contributed by atoms with Crippen molar-refractivity contribution in [2.75, 3.05) is 19.5 Å². The van der Waals surface area contributed by atoms with Crippen molar-refractivity contribution < 1.29 is 19.1 Å². The molecule has 0 atom stereocenters. The Morgan fingerprint density at radius 3 is 2.50 bits per heavy atom. The van der Waals surface area contributed by atoms with E-state index in [1.165, 1.54) is 19.0 Å². The summed E-state index contributed by atoms with van der Waals surface area (Å²) >= 11 is 6.18. The Morgan fingerprint density at radius 2 is 1.82 bits per heavy atom. The maximum atomic E-state index is 11.9. The number of ether oxygens (including phenoxy) is 2. The highest BCUT2D eigenvalue weighted by molar-refractivity contribution is 6.31. The molecule has 3 rings (SSSR count). The molecule has 0 saturated carbocycles. The lowest BCUT2D eigenvalue weighted by atomic mass is 10.2. The van der Waals surface area contributed by atoms with Gasteiger partial charge in [-0.3, -0.25) is 0 Å². The molecule has 0 saturated heterocycles. The van der Waals surface area contributed by atoms with E-state index in [2.05, 4.69) is 25.0 Å². The van der Waals surface area contributed by atoms with E-state index in [4.69, 9.17) is 11.6 Å². The van der Waals surface area contributed by atoms with Gasteiger partial charge in [-0.15, -0.1) is 10.2 Å². The molecule has 0 aliphatic carbocycles. The Balaban J connectivity index is 1.93. The zero-order valence-electron chi connectivity index (χ0n) is 15.4. The van der Waals surface area contributed by atoms with Crippen LogP contribution in [-0.4, -0.2) is 41.2 Å². The zero-order chi connectivity index (χ0) is 20.3. The van der Waals surface area contributed by atoms with Crippen LogP contribution in [0.3, 0.4) is 0 Å². The van der Waals surface area contributed by atoms with Gasteiger partial charge in [0.2, 0.25) is 0 Å². The van der Waals surface area contributed by atoms with Crippen LogP contribution in [0.1, 0.15) is 5.56 Å². The van der Waals surface area contributed by atoms with Gasteiger partial charge in [-0.1, -0.05) is 17.7 Å². The van der Waals surface area contributed by atoms with E-state index in [9.17, 15) is 9.59 Å². The smallest absolute Gasteiger partial charge is 0.354 e. The molecule has 9 heteroatoms. The second-order valence-electron chi connectivity index (χ2n) is 5.82. The molecule has 0 fully saturated rings. The third kappa shape index (κ3) is 4.12. The molecule has 0 aliphatic rings. The Morgan fingerprint density at radius 1 is 1.07 bits per heavy atom. The highest BCUT2D eigenvalue weighted by Gasteiger charge is 2.14. The number of hydrogen-bond acceptors (Lipinski definition) is 7. The van der Waals surface area contributed by atoms with Crippen LogP contribution in [0.5, 0.6) is 0 Å². The van der Waals surface area contributed by atoms with Crippen LogP contribution >= 0.6 is 11.6 Å². The molecular weight excluding hydrogens is 384 g/mol. The molecule has 0 unspecified atom stereocenters. The Kier molecular flexibility index (Phi) is 5.60. The van der Waals surface area contributed by atoms with Crippen LogP contribution < -0.4 is 5.32 Å². The largest absolute Gasteiger partial charge is 0.466 e. The lowest BCUT2D eigenvalue weighted by molar-refractivity contribution is -0.138. The number of methoxy groups -OCH3 is 2. The van der Waals surface area contributed by atoms with Gasteiger partial charge in [0.25, 0.3) is 0 Å². The lowest BCUT2D eigenvalue weighted by Gasteiger charge is -2.08. The number of carbonyl (C=O) groups is 2. The van der Waals surface area contributed by atoms with Crippen LogP contribution in [0.15, 0.2) is 48.2 Å². The van der Waals surface area contributed by atoms with Crippen LogP contribution in [0.25, 0.3) is 16.7 Å². The van der Waals surface area contributed by atoms with E-state index in [1.807, 2.05) is 19.1 Å². The third-order valence-corrected chi connectivity index (χ3v) is 4.32. The van der Waals surface area contributed by atoms with Gasteiger partial charge >= 0.3 is 11.9 Å². The Labute approximate surface area is 165 Å². The van der Waals surface area contributed by atoms with E-state index >= 15 is 0 Å². The quantitative estimate of drug-likeness (QED) is 0.519. The van der Waals surface area contributed by atoms with Crippen LogP contribution in [0.2, 0.25) is 5.02 Å². The minimum atomic E-state index is -0.705. The molecule has 0 amide bonds. The summed E-state index contributed by atoms with van der Waals surface area (Å²) in [5.41, 5.74) is 3.39. The zero-order valence-corrected chi connectivity index (χ0v) is 16.1. The van der Waals surface area contributed by atoms with Crippen molar-refractivity contribution in [1.29, 1.82) is 0 Å². The Bertz CT molecular complexity index is 1090. The Hall–Kier alpha value is -3.39. The van der Waals surface area contributed by atoms with E-state index in [0.717, 1.165) is 17.3 Å². The predicted octanol–water partition coefficient (Wildman–Crippen LogP) is 3.02. The summed E-state index contributed by atoms with van der Waals surface area (Å²) in [4.78, 5) is 24.8. The van der Waals surface area contributed by atoms with Gasteiger partial charge in [-0.25, -0.2) is 9.59 Å². The summed E-state index contributed by atoms with van der Waals surface area (Å²) in [7, 11) is 2.44. The van der Waals surface area contributed by atoms with Crippen molar-refractivity contribution in [2.45, 2.75) is 6.92 Å². The number of halogens is 1. The van der Waals surface area contributed by atoms with Gasteiger partial charge in [0, 0.05) is 10.7 Å². The second-order valence-corrected chi connectivity index (χ2v) is 6.23. The van der Waals surface area contributed by atoms with Crippen molar-refractivity contribution in [2.24, 2.45) is 0 Å². The number of aryl methyl sites for hydroxylation is 1. The number of benzene rings is 2. The summed E-state index contributed by atoms with van der Waals surface area (Å²) in [6.07, 6.45) is 1.02. The highest BCUT2D eigenvalue weighted by atomic mass is 35.5. The molecule has 0 aliphatic heterocycles. The molecule has 1 aromatic heterocycles. The average Bonchev–Trinajstić information content (AvgIpc) is 3.12. The third-order valence-electron chi connectivity index (χ3n) is 3.91. The molecule has 0 spiro atoms. The number of nitrogens with zero attached hydrogens (tertiary/aromatic N) is 3. The number of anilines is 1. The lowest BCUT2D eigenvalue weighted by Crippen LogP contribution is -2.15. The first-order valence-electron chi connectivity index (χ1n) is 8.20. The van der Waals surface area contributed by atoms with Crippen molar-refractivity contribution in [1.82, 2.24) is 15.0 Å². The molecule has 144 valence electrons. The van der Waals surface area contributed by atoms with Crippen molar-refractivity contribution in [3.63, 3.8) is 0 Å². The van der Waals surface area contributed by atoms with Crippen LogP contribution in [-0.2, 0) is 19.1 Å². The number of rotatable bonds is 5. The predicted molar refractivity (Wildman–Crippen MR) is 104 cm³/mol. The SMILES string of the molecule is COC(=O)/C=C(/Nc1ccc2nn(-c3ccc(C)c(Cl)c3)nc2c1)C(=O)OC. The molecule has 0 bridgehead atoms. The number of carbonyl (C=O) groups excluding carboxylic acids is 2. The first-order chi connectivity index (χ1) is 13.4. The molecular formula is C19H17ClN4O4. The number of esters is 2. The van der Waals surface area contributed by atoms with Gasteiger partial charge in [-0.2, -0.15) is 4.80 Å². The van der Waals surface area contributed by atoms with Crippen LogP contribution in [0.4, 0.5) is 5.69 Å². The number of nitrogens with one attached hydrogen (secondary N) is 1. The number of aromatic nitrogens is 3. The fourth-order valence-electron chi connectivity index (χ4n) is 2.40. The van der Waals surface area contributed by atoms with Gasteiger partial charge in [-0.05, 0) is 42.8 Å². The molecule has 8 nitrogen and oxygen atoms in total. The first kappa shape index (κ1) is 19.4. The summed E-state index contributed by atoms with van der Waals surface area (Å²) in [6.45, 7) is 1.91. The topological polar surface area (TPSA) is 95.3 Å². The van der Waals surface area contributed by atoms with Gasteiger partial charge < -0.3 is 14.8 Å². The van der Waals surface area contributed by atoms with Crippen molar-refractivity contribution in [3.05, 3.63) is 58.8 Å². The number of fused-ring (bicyclic) bond motifs is 1. The van der Waals surface area contributed by atoms with E-state index in [-0.39, 0.29) is 5.70 Å². The molecule has 2 aromatic carbocycles. The second kappa shape index (κ2) is 8.10. The molecule has 3 aromatic rings. The summed E-state index contributed by atoms with van der Waals surface area (Å²) in [5.74, 6) is -1.39. The standard InChI is InChI=1S/C19H17ClN4O4/c1-11-4-6-13(9-14(11)20)24-22-15-7-5-12(8-16(15)23-24)21-17(19(26)28-3)10-18(25)27-2/h4-10,21H,1-3H3/b17-10+. The molecule has 28 heavy (non-hydrogen) atoms. The van der Waals surface area contributed by atoms with Crippen LogP contribution in [0, 0.1) is 6.92 Å². The number of hydrogen-bond donors (Lipinski definition) is 1. The average molecular weight is 401 g/mol. The van der Waals surface area contributed by atoms with Crippen molar-refractivity contribution >= 4 is 40.3 Å².